The lowest BCUT2D eigenvalue weighted by Crippen LogP contribution is -2.40. The monoisotopic (exact) mass is 277 g/mol. The number of aliphatic hydroxyl groups is 1. The van der Waals surface area contributed by atoms with Crippen LogP contribution in [0.1, 0.15) is 31.2 Å². The second-order valence-electron chi connectivity index (χ2n) is 5.60. The van der Waals surface area contributed by atoms with E-state index in [-0.39, 0.29) is 10.5 Å². The summed E-state index contributed by atoms with van der Waals surface area (Å²) in [4.78, 5) is 0. The molecule has 19 heavy (non-hydrogen) atoms. The number of hydrogen-bond acceptors (Lipinski definition) is 4. The fourth-order valence-corrected chi connectivity index (χ4v) is 5.58. The first-order valence-electron chi connectivity index (χ1n) is 6.57. The lowest BCUT2D eigenvalue weighted by molar-refractivity contribution is 0.0181. The van der Waals surface area contributed by atoms with E-state index in [1.165, 1.54) is 0 Å². The van der Waals surface area contributed by atoms with Gasteiger partial charge in [-0.1, -0.05) is 6.07 Å². The van der Waals surface area contributed by atoms with Gasteiger partial charge in [-0.15, -0.1) is 10.2 Å². The molecule has 0 aromatic carbocycles. The second-order valence-corrected chi connectivity index (χ2v) is 7.59. The van der Waals surface area contributed by atoms with Crippen LogP contribution in [0.4, 0.5) is 0 Å². The van der Waals surface area contributed by atoms with Crippen LogP contribution in [0.15, 0.2) is 24.7 Å². The van der Waals surface area contributed by atoms with Crippen LogP contribution < -0.4 is 0 Å². The summed E-state index contributed by atoms with van der Waals surface area (Å²) in [6, 6.07) is 3.78. The minimum absolute atomic E-state index is 0.153. The molecule has 2 unspecified atom stereocenters. The quantitative estimate of drug-likeness (QED) is 0.844. The Morgan fingerprint density at radius 2 is 2.05 bits per heavy atom. The molecule has 2 saturated heterocycles. The van der Waals surface area contributed by atoms with Crippen molar-refractivity contribution in [3.63, 3.8) is 0 Å². The Morgan fingerprint density at radius 1 is 1.32 bits per heavy atom. The topological polar surface area (TPSA) is 67.5 Å². The number of rotatable bonds is 1. The van der Waals surface area contributed by atoms with E-state index < -0.39 is 16.4 Å². The second kappa shape index (κ2) is 3.86. The molecule has 0 aliphatic carbocycles. The third kappa shape index (κ3) is 1.66. The normalized spacial score (nSPS) is 37.8. The van der Waals surface area contributed by atoms with Crippen molar-refractivity contribution in [2.24, 2.45) is 0 Å². The number of aromatic nitrogens is 3. The fourth-order valence-electron chi connectivity index (χ4n) is 3.42. The molecule has 0 radical (unpaired) electrons. The van der Waals surface area contributed by atoms with Crippen LogP contribution in [0.2, 0.25) is 0 Å². The van der Waals surface area contributed by atoms with Gasteiger partial charge in [0, 0.05) is 33.1 Å². The van der Waals surface area contributed by atoms with Crippen LogP contribution in [0.3, 0.4) is 0 Å². The summed E-state index contributed by atoms with van der Waals surface area (Å²) in [7, 11) is -0.750. The lowest BCUT2D eigenvalue weighted by Gasteiger charge is -2.36. The van der Waals surface area contributed by atoms with Crippen molar-refractivity contribution in [3.8, 4) is 0 Å². The number of hydrogen-bond donors (Lipinski definition) is 1. The molecule has 2 aromatic rings. The minimum atomic E-state index is -0.849. The highest BCUT2D eigenvalue weighted by Crippen LogP contribution is 2.45. The molecule has 1 N–H and O–H groups in total. The molecule has 0 amide bonds. The van der Waals surface area contributed by atoms with E-state index in [4.69, 9.17) is 0 Å². The largest absolute Gasteiger partial charge is 0.385 e. The molecule has 2 aliphatic heterocycles. The van der Waals surface area contributed by atoms with Gasteiger partial charge in [0.25, 0.3) is 0 Å². The van der Waals surface area contributed by atoms with Gasteiger partial charge in [0.05, 0.1) is 5.60 Å². The maximum Gasteiger partial charge on any atom is 0.160 e. The highest BCUT2D eigenvalue weighted by molar-refractivity contribution is 7.86. The number of nitrogens with zero attached hydrogens (tertiary/aromatic N) is 3. The van der Waals surface area contributed by atoms with Crippen LogP contribution in [0.5, 0.6) is 0 Å². The van der Waals surface area contributed by atoms with Gasteiger partial charge in [-0.3, -0.25) is 8.61 Å². The van der Waals surface area contributed by atoms with Crippen molar-refractivity contribution in [3.05, 3.63) is 30.2 Å². The van der Waals surface area contributed by atoms with Gasteiger partial charge in [-0.05, 0) is 31.7 Å². The summed E-state index contributed by atoms with van der Waals surface area (Å²) in [5, 5.41) is 19.1. The SMILES string of the molecule is O=S1C2CCC1CC(O)(c1ccc3nncn3c1)C2. The van der Waals surface area contributed by atoms with Gasteiger partial charge in [-0.25, -0.2) is 0 Å². The summed E-state index contributed by atoms with van der Waals surface area (Å²) in [5.41, 5.74) is 0.807. The van der Waals surface area contributed by atoms with Gasteiger partial charge in [-0.2, -0.15) is 0 Å². The molecular formula is C13H15N3O2S. The summed E-state index contributed by atoms with van der Waals surface area (Å²) < 4.78 is 13.9. The molecule has 4 heterocycles. The van der Waals surface area contributed by atoms with E-state index in [0.717, 1.165) is 24.1 Å². The van der Waals surface area contributed by atoms with Crippen LogP contribution in [0, 0.1) is 0 Å². The molecule has 2 atom stereocenters. The Balaban J connectivity index is 1.76. The van der Waals surface area contributed by atoms with Crippen molar-refractivity contribution in [2.45, 2.75) is 41.8 Å². The molecule has 4 rings (SSSR count). The number of pyridine rings is 1. The van der Waals surface area contributed by atoms with Crippen LogP contribution in [-0.2, 0) is 16.4 Å². The molecule has 0 spiro atoms. The van der Waals surface area contributed by atoms with Gasteiger partial charge in [0.15, 0.2) is 5.65 Å². The number of fused-ring (bicyclic) bond motifs is 3. The predicted molar refractivity (Wildman–Crippen MR) is 71.1 cm³/mol. The molecule has 2 aromatic heterocycles. The Kier molecular flexibility index (Phi) is 2.35. The Labute approximate surface area is 113 Å². The third-order valence-corrected chi connectivity index (χ3v) is 6.55. The van der Waals surface area contributed by atoms with Crippen molar-refractivity contribution >= 4 is 16.4 Å². The van der Waals surface area contributed by atoms with Crippen LogP contribution in [-0.4, -0.2) is 34.4 Å². The first-order chi connectivity index (χ1) is 9.16. The van der Waals surface area contributed by atoms with Crippen molar-refractivity contribution in [2.75, 3.05) is 0 Å². The molecule has 100 valence electrons. The zero-order valence-electron chi connectivity index (χ0n) is 10.4. The van der Waals surface area contributed by atoms with E-state index in [1.54, 1.807) is 6.33 Å². The zero-order chi connectivity index (χ0) is 13.0. The van der Waals surface area contributed by atoms with Gasteiger partial charge >= 0.3 is 0 Å². The summed E-state index contributed by atoms with van der Waals surface area (Å²) >= 11 is 0. The Hall–Kier alpha value is -1.27. The third-order valence-electron chi connectivity index (χ3n) is 4.43. The lowest BCUT2D eigenvalue weighted by atomic mass is 9.87. The van der Waals surface area contributed by atoms with E-state index in [0.29, 0.717) is 12.8 Å². The van der Waals surface area contributed by atoms with Gasteiger partial charge in [0.2, 0.25) is 0 Å². The molecule has 5 nitrogen and oxygen atoms in total. The van der Waals surface area contributed by atoms with E-state index in [2.05, 4.69) is 10.2 Å². The molecule has 2 aliphatic rings. The van der Waals surface area contributed by atoms with E-state index in [9.17, 15) is 9.32 Å². The average Bonchev–Trinajstić information content (AvgIpc) is 2.94. The molecule has 6 heteroatoms. The zero-order valence-corrected chi connectivity index (χ0v) is 11.2. The van der Waals surface area contributed by atoms with E-state index in [1.807, 2.05) is 22.7 Å². The average molecular weight is 277 g/mol. The smallest absolute Gasteiger partial charge is 0.160 e. The fraction of sp³-hybridized carbons (Fsp3) is 0.538. The first-order valence-corrected chi connectivity index (χ1v) is 7.85. The summed E-state index contributed by atoms with van der Waals surface area (Å²) in [6.07, 6.45) is 6.69. The maximum absolute atomic E-state index is 12.1. The highest BCUT2D eigenvalue weighted by atomic mass is 32.2. The van der Waals surface area contributed by atoms with Crippen LogP contribution in [0.25, 0.3) is 5.65 Å². The van der Waals surface area contributed by atoms with Gasteiger partial charge in [0.1, 0.15) is 6.33 Å². The molecule has 0 saturated carbocycles. The van der Waals surface area contributed by atoms with Crippen molar-refractivity contribution < 1.29 is 9.32 Å². The Morgan fingerprint density at radius 3 is 2.79 bits per heavy atom. The summed E-state index contributed by atoms with van der Waals surface area (Å²) in [6.45, 7) is 0. The van der Waals surface area contributed by atoms with Crippen LogP contribution >= 0.6 is 0 Å². The van der Waals surface area contributed by atoms with E-state index >= 15 is 0 Å². The van der Waals surface area contributed by atoms with Crippen molar-refractivity contribution in [1.29, 1.82) is 0 Å². The predicted octanol–water partition coefficient (Wildman–Crippen LogP) is 0.990. The molecule has 2 bridgehead atoms. The maximum atomic E-state index is 12.1. The molecule has 2 fully saturated rings. The molecular weight excluding hydrogens is 262 g/mol. The van der Waals surface area contributed by atoms with Gasteiger partial charge < -0.3 is 5.11 Å². The standard InChI is InChI=1S/C13H15N3O2S/c17-13(5-10-2-3-11(6-13)19(10)18)9-1-4-12-15-14-8-16(12)7-9/h1,4,7-8,10-11,17H,2-3,5-6H2. The highest BCUT2D eigenvalue weighted by Gasteiger charge is 2.48. The minimum Gasteiger partial charge on any atom is -0.385 e. The van der Waals surface area contributed by atoms with Crippen molar-refractivity contribution in [1.82, 2.24) is 14.6 Å². The summed E-state index contributed by atoms with van der Waals surface area (Å²) in [5.74, 6) is 0. The first kappa shape index (κ1) is 11.5. The Bertz CT molecular complexity index is 653.